The number of nitrogens with zero attached hydrogens (tertiary/aromatic N) is 3. The lowest BCUT2D eigenvalue weighted by Crippen LogP contribution is -2.36. The van der Waals surface area contributed by atoms with E-state index in [9.17, 15) is 18.0 Å². The van der Waals surface area contributed by atoms with E-state index in [1.54, 1.807) is 21.9 Å². The number of H-pyrrole nitrogens is 1. The number of halogens is 3. The summed E-state index contributed by atoms with van der Waals surface area (Å²) in [6.07, 6.45) is -3.43. The van der Waals surface area contributed by atoms with Crippen LogP contribution in [0.25, 0.3) is 0 Å². The van der Waals surface area contributed by atoms with E-state index in [4.69, 9.17) is 4.74 Å². The highest BCUT2D eigenvalue weighted by Gasteiger charge is 2.56. The van der Waals surface area contributed by atoms with Crippen LogP contribution in [-0.4, -0.2) is 51.9 Å². The standard InChI is InChI=1S/C23H23F3N4O3S/c24-23(25,26)33-17-5-1-3-15(7-17)8-30(22(31)32-21-13-34-14-28-21)12-20-18-10-29(11-19(18)20)9-16-4-2-6-27-16/h1-7,13-14,18-20,27H,8-12H2. The Bertz CT molecular complexity index is 1100. The van der Waals surface area contributed by atoms with Crippen LogP contribution < -0.4 is 9.47 Å². The topological polar surface area (TPSA) is 70.7 Å². The lowest BCUT2D eigenvalue weighted by atomic mass is 10.2. The summed E-state index contributed by atoms with van der Waals surface area (Å²) in [5.41, 5.74) is 3.26. The predicted molar refractivity (Wildman–Crippen MR) is 118 cm³/mol. The average Bonchev–Trinajstić information content (AvgIpc) is 3.30. The Labute approximate surface area is 198 Å². The van der Waals surface area contributed by atoms with Gasteiger partial charge < -0.3 is 19.4 Å². The van der Waals surface area contributed by atoms with E-state index in [0.29, 0.717) is 29.9 Å². The van der Waals surface area contributed by atoms with Gasteiger partial charge in [0.2, 0.25) is 5.88 Å². The zero-order chi connectivity index (χ0) is 23.7. The molecule has 1 aromatic carbocycles. The first-order chi connectivity index (χ1) is 16.3. The van der Waals surface area contributed by atoms with Gasteiger partial charge in [-0.2, -0.15) is 0 Å². The molecule has 34 heavy (non-hydrogen) atoms. The molecule has 11 heteroatoms. The van der Waals surface area contributed by atoms with Crippen LogP contribution >= 0.6 is 11.3 Å². The van der Waals surface area contributed by atoms with E-state index < -0.39 is 12.5 Å². The number of carbonyl (C=O) groups excluding carboxylic acids is 1. The van der Waals surface area contributed by atoms with Gasteiger partial charge >= 0.3 is 12.5 Å². The highest BCUT2D eigenvalue weighted by Crippen LogP contribution is 2.52. The third-order valence-corrected chi connectivity index (χ3v) is 6.86. The molecule has 2 fully saturated rings. The lowest BCUT2D eigenvalue weighted by Gasteiger charge is -2.24. The van der Waals surface area contributed by atoms with Gasteiger partial charge in [0.05, 0.1) is 10.9 Å². The van der Waals surface area contributed by atoms with Crippen LogP contribution in [-0.2, 0) is 13.1 Å². The van der Waals surface area contributed by atoms with Crippen molar-refractivity contribution < 1.29 is 27.4 Å². The Morgan fingerprint density at radius 1 is 1.24 bits per heavy atom. The number of nitrogens with one attached hydrogen (secondary N) is 1. The van der Waals surface area contributed by atoms with Crippen molar-refractivity contribution in [3.05, 3.63) is 64.7 Å². The largest absolute Gasteiger partial charge is 0.573 e. The fraction of sp³-hybridized carbons (Fsp3) is 0.391. The number of thiazole rings is 1. The molecule has 1 amide bonds. The summed E-state index contributed by atoms with van der Waals surface area (Å²) in [5, 5.41) is 1.62. The summed E-state index contributed by atoms with van der Waals surface area (Å²) in [6.45, 7) is 3.37. The molecule has 1 aliphatic carbocycles. The molecular formula is C23H23F3N4O3S. The summed E-state index contributed by atoms with van der Waals surface area (Å²) < 4.78 is 47.3. The molecule has 7 nitrogen and oxygen atoms in total. The predicted octanol–water partition coefficient (Wildman–Crippen LogP) is 4.75. The van der Waals surface area contributed by atoms with E-state index in [2.05, 4.69) is 25.7 Å². The molecule has 1 saturated carbocycles. The first-order valence-corrected chi connectivity index (χ1v) is 11.8. The van der Waals surface area contributed by atoms with Gasteiger partial charge in [-0.15, -0.1) is 24.5 Å². The molecule has 180 valence electrons. The monoisotopic (exact) mass is 492 g/mol. The number of likely N-dealkylation sites (tertiary alicyclic amines) is 1. The molecule has 2 unspecified atom stereocenters. The zero-order valence-corrected chi connectivity index (χ0v) is 18.9. The molecule has 2 aromatic heterocycles. The van der Waals surface area contributed by atoms with Gasteiger partial charge in [0.15, 0.2) is 0 Å². The highest BCUT2D eigenvalue weighted by atomic mass is 32.1. The van der Waals surface area contributed by atoms with E-state index in [1.165, 1.54) is 35.2 Å². The second-order valence-corrected chi connectivity index (χ2v) is 9.37. The van der Waals surface area contributed by atoms with Crippen LogP contribution in [0.3, 0.4) is 0 Å². The first kappa shape index (κ1) is 22.7. The molecule has 0 radical (unpaired) electrons. The van der Waals surface area contributed by atoms with Gasteiger partial charge in [0.1, 0.15) is 5.75 Å². The molecule has 3 heterocycles. The third kappa shape index (κ3) is 5.53. The van der Waals surface area contributed by atoms with E-state index in [0.717, 1.165) is 19.6 Å². The molecule has 1 aliphatic heterocycles. The summed E-state index contributed by atoms with van der Waals surface area (Å²) in [7, 11) is 0. The number of hydrogen-bond donors (Lipinski definition) is 1. The van der Waals surface area contributed by atoms with Crippen molar-refractivity contribution in [3.8, 4) is 11.6 Å². The first-order valence-electron chi connectivity index (χ1n) is 10.9. The lowest BCUT2D eigenvalue weighted by molar-refractivity contribution is -0.274. The van der Waals surface area contributed by atoms with Crippen LogP contribution in [0.1, 0.15) is 11.3 Å². The summed E-state index contributed by atoms with van der Waals surface area (Å²) in [6, 6.07) is 9.72. The van der Waals surface area contributed by atoms with Crippen LogP contribution in [0.2, 0.25) is 0 Å². The van der Waals surface area contributed by atoms with Crippen molar-refractivity contribution in [1.82, 2.24) is 19.8 Å². The minimum absolute atomic E-state index is 0.111. The summed E-state index contributed by atoms with van der Waals surface area (Å²) in [5.74, 6) is 1.20. The maximum Gasteiger partial charge on any atom is 0.573 e. The van der Waals surface area contributed by atoms with E-state index in [1.807, 2.05) is 12.3 Å². The second-order valence-electron chi connectivity index (χ2n) is 8.65. The van der Waals surface area contributed by atoms with E-state index in [-0.39, 0.29) is 18.2 Å². The van der Waals surface area contributed by atoms with Crippen LogP contribution in [0.5, 0.6) is 11.6 Å². The smallest absolute Gasteiger partial charge is 0.406 e. The van der Waals surface area contributed by atoms with Gasteiger partial charge in [-0.1, -0.05) is 12.1 Å². The number of aromatic nitrogens is 2. The molecule has 1 saturated heterocycles. The normalized spacial score (nSPS) is 21.8. The number of piperidine rings is 1. The fourth-order valence-electron chi connectivity index (χ4n) is 4.77. The Hall–Kier alpha value is -3.05. The highest BCUT2D eigenvalue weighted by molar-refractivity contribution is 7.07. The van der Waals surface area contributed by atoms with Crippen molar-refractivity contribution in [1.29, 1.82) is 0 Å². The van der Waals surface area contributed by atoms with Crippen LogP contribution in [0.4, 0.5) is 18.0 Å². The van der Waals surface area contributed by atoms with Crippen LogP contribution in [0, 0.1) is 17.8 Å². The number of alkyl halides is 3. The SMILES string of the molecule is O=C(Oc1cscn1)N(Cc1cccc(OC(F)(F)F)c1)CC1C2CN(Cc3ccc[nH]3)CC21. The number of ether oxygens (including phenoxy) is 2. The minimum Gasteiger partial charge on any atom is -0.406 e. The molecular weight excluding hydrogens is 469 g/mol. The Kier molecular flexibility index (Phi) is 6.22. The van der Waals surface area contributed by atoms with Crippen LogP contribution in [0.15, 0.2) is 53.5 Å². The van der Waals surface area contributed by atoms with Crippen molar-refractivity contribution in [2.45, 2.75) is 19.5 Å². The van der Waals surface area contributed by atoms with Gasteiger partial charge in [0, 0.05) is 44.6 Å². The molecule has 2 atom stereocenters. The fourth-order valence-corrected chi connectivity index (χ4v) is 5.22. The molecule has 1 N–H and O–H groups in total. The molecule has 0 bridgehead atoms. The number of benzene rings is 1. The zero-order valence-electron chi connectivity index (χ0n) is 18.1. The Morgan fingerprint density at radius 2 is 2.06 bits per heavy atom. The number of hydrogen-bond acceptors (Lipinski definition) is 6. The van der Waals surface area contributed by atoms with Gasteiger partial charge in [0.25, 0.3) is 0 Å². The van der Waals surface area contributed by atoms with Crippen molar-refractivity contribution >= 4 is 17.4 Å². The van der Waals surface area contributed by atoms with Gasteiger partial charge in [-0.05, 0) is 47.6 Å². The maximum absolute atomic E-state index is 12.9. The molecule has 2 aliphatic rings. The van der Waals surface area contributed by atoms with E-state index >= 15 is 0 Å². The number of amides is 1. The van der Waals surface area contributed by atoms with Crippen molar-refractivity contribution in [2.24, 2.45) is 17.8 Å². The third-order valence-electron chi connectivity index (χ3n) is 6.30. The molecule has 0 spiro atoms. The molecule has 3 aromatic rings. The van der Waals surface area contributed by atoms with Gasteiger partial charge in [-0.3, -0.25) is 4.90 Å². The maximum atomic E-state index is 12.9. The quantitative estimate of drug-likeness (QED) is 0.492. The molecule has 5 rings (SSSR count). The average molecular weight is 493 g/mol. The Morgan fingerprint density at radius 3 is 2.74 bits per heavy atom. The number of rotatable bonds is 8. The number of fused-ring (bicyclic) bond motifs is 1. The number of aromatic amines is 1. The summed E-state index contributed by atoms with van der Waals surface area (Å²) >= 11 is 1.31. The summed E-state index contributed by atoms with van der Waals surface area (Å²) in [4.78, 5) is 24.1. The van der Waals surface area contributed by atoms with Crippen molar-refractivity contribution in [2.75, 3.05) is 19.6 Å². The van der Waals surface area contributed by atoms with Crippen molar-refractivity contribution in [3.63, 3.8) is 0 Å². The minimum atomic E-state index is -4.78. The second kappa shape index (κ2) is 9.30. The Balaban J connectivity index is 1.24. The number of carbonyl (C=O) groups is 1. The van der Waals surface area contributed by atoms with Gasteiger partial charge in [-0.25, -0.2) is 9.78 Å².